The van der Waals surface area contributed by atoms with Gasteiger partial charge < -0.3 is 0 Å². The van der Waals surface area contributed by atoms with Crippen molar-refractivity contribution in [2.24, 2.45) is 0 Å². The van der Waals surface area contributed by atoms with Gasteiger partial charge in [-0.3, -0.25) is 0 Å². The molecule has 0 atom stereocenters. The highest BCUT2D eigenvalue weighted by Gasteiger charge is 1.95. The number of hydrogen-bond acceptors (Lipinski definition) is 0. The van der Waals surface area contributed by atoms with Crippen LogP contribution in [0.25, 0.3) is 0 Å². The van der Waals surface area contributed by atoms with E-state index in [2.05, 4.69) is 0 Å². The van der Waals surface area contributed by atoms with Gasteiger partial charge in [-0.15, -0.1) is 0 Å². The number of hydrogen-bond donors (Lipinski definition) is 0. The standard InChI is InChI=1S/C6H12.5C2H6/c1-2-4-6-5-3-1;5*1-2/h1-6H2;5*1-2H3. The van der Waals surface area contributed by atoms with Gasteiger partial charge in [-0.05, 0) is 0 Å². The summed E-state index contributed by atoms with van der Waals surface area (Å²) in [5.74, 6) is 0. The Morgan fingerprint density at radius 3 is 0.375 bits per heavy atom. The molecule has 1 saturated carbocycles. The Bertz CT molecular complexity index is 15.5. The summed E-state index contributed by atoms with van der Waals surface area (Å²) in [6.07, 6.45) is 9.00. The molecule has 0 aromatic carbocycles. The zero-order valence-electron chi connectivity index (χ0n) is 14.2. The first-order valence-corrected chi connectivity index (χ1v) is 8.00. The molecule has 1 aliphatic carbocycles. The van der Waals surface area contributed by atoms with Crippen LogP contribution in [0, 0.1) is 0 Å². The molecule has 0 aromatic rings. The summed E-state index contributed by atoms with van der Waals surface area (Å²) in [4.78, 5) is 0. The van der Waals surface area contributed by atoms with Crippen molar-refractivity contribution in [2.45, 2.75) is 108 Å². The monoisotopic (exact) mass is 234 g/mol. The van der Waals surface area contributed by atoms with Crippen molar-refractivity contribution in [1.82, 2.24) is 0 Å². The predicted octanol–water partition coefficient (Wildman–Crippen LogP) is 7.47. The van der Waals surface area contributed by atoms with Crippen LogP contribution < -0.4 is 0 Å². The fourth-order valence-corrected chi connectivity index (χ4v) is 1.06. The summed E-state index contributed by atoms with van der Waals surface area (Å²) in [5, 5.41) is 0. The van der Waals surface area contributed by atoms with Crippen LogP contribution in [-0.2, 0) is 0 Å². The fraction of sp³-hybridized carbons (Fsp3) is 1.00. The second kappa shape index (κ2) is 81.7. The Morgan fingerprint density at radius 1 is 0.250 bits per heavy atom. The van der Waals surface area contributed by atoms with Crippen LogP contribution in [0.3, 0.4) is 0 Å². The van der Waals surface area contributed by atoms with Crippen molar-refractivity contribution >= 4 is 0 Å². The minimum atomic E-state index is 1.50. The van der Waals surface area contributed by atoms with Crippen LogP contribution in [0.2, 0.25) is 0 Å². The SMILES string of the molecule is C1CCCCC1.CC.CC.CC.CC.CC. The molecule has 1 fully saturated rings. The van der Waals surface area contributed by atoms with Gasteiger partial charge in [-0.2, -0.15) is 0 Å². The molecule has 16 heavy (non-hydrogen) atoms. The molecule has 0 spiro atoms. The third kappa shape index (κ3) is 65.7. The van der Waals surface area contributed by atoms with E-state index < -0.39 is 0 Å². The zero-order valence-corrected chi connectivity index (χ0v) is 14.2. The first-order valence-electron chi connectivity index (χ1n) is 8.00. The highest BCUT2D eigenvalue weighted by molar-refractivity contribution is 4.51. The fourth-order valence-electron chi connectivity index (χ4n) is 1.06. The Balaban J connectivity index is -0.0000000351. The maximum atomic E-state index is 2.00. The van der Waals surface area contributed by atoms with Crippen LogP contribution in [0.15, 0.2) is 0 Å². The lowest BCUT2D eigenvalue weighted by molar-refractivity contribution is 0.504. The van der Waals surface area contributed by atoms with Crippen LogP contribution in [0.1, 0.15) is 108 Å². The molecule has 0 nitrogen and oxygen atoms in total. The third-order valence-electron chi connectivity index (χ3n) is 1.50. The van der Waals surface area contributed by atoms with E-state index in [4.69, 9.17) is 0 Å². The zero-order chi connectivity index (χ0) is 14.2. The van der Waals surface area contributed by atoms with E-state index in [1.165, 1.54) is 38.5 Å². The predicted molar refractivity (Wildman–Crippen MR) is 84.4 cm³/mol. The van der Waals surface area contributed by atoms with E-state index in [1.807, 2.05) is 69.2 Å². The molecule has 0 unspecified atom stereocenters. The Hall–Kier alpha value is 0. The van der Waals surface area contributed by atoms with Crippen molar-refractivity contribution in [3.63, 3.8) is 0 Å². The lowest BCUT2D eigenvalue weighted by atomic mass is 10.0. The highest BCUT2D eigenvalue weighted by Crippen LogP contribution is 2.15. The van der Waals surface area contributed by atoms with E-state index >= 15 is 0 Å². The summed E-state index contributed by atoms with van der Waals surface area (Å²) in [5.41, 5.74) is 0. The minimum absolute atomic E-state index is 1.50. The largest absolute Gasteiger partial charge is 0.0683 e. The van der Waals surface area contributed by atoms with E-state index in [-0.39, 0.29) is 0 Å². The van der Waals surface area contributed by atoms with E-state index in [0.29, 0.717) is 0 Å². The molecular weight excluding hydrogens is 192 g/mol. The van der Waals surface area contributed by atoms with Gasteiger partial charge in [-0.25, -0.2) is 0 Å². The van der Waals surface area contributed by atoms with Crippen LogP contribution >= 0.6 is 0 Å². The third-order valence-corrected chi connectivity index (χ3v) is 1.50. The van der Waals surface area contributed by atoms with Crippen molar-refractivity contribution in [3.05, 3.63) is 0 Å². The van der Waals surface area contributed by atoms with Crippen molar-refractivity contribution in [3.8, 4) is 0 Å². The second-order valence-electron chi connectivity index (χ2n) is 2.12. The van der Waals surface area contributed by atoms with Crippen LogP contribution in [0.4, 0.5) is 0 Å². The molecule has 106 valence electrons. The quantitative estimate of drug-likeness (QED) is 0.408. The summed E-state index contributed by atoms with van der Waals surface area (Å²) in [6, 6.07) is 0. The lowest BCUT2D eigenvalue weighted by Gasteiger charge is -2.05. The normalized spacial score (nSPS) is 10.9. The maximum Gasteiger partial charge on any atom is -0.0533 e. The Morgan fingerprint density at radius 2 is 0.312 bits per heavy atom. The summed E-state index contributed by atoms with van der Waals surface area (Å²) in [6.45, 7) is 20.0. The van der Waals surface area contributed by atoms with Crippen LogP contribution in [-0.4, -0.2) is 0 Å². The molecule has 0 aromatic heterocycles. The minimum Gasteiger partial charge on any atom is -0.0683 e. The number of rotatable bonds is 0. The first kappa shape index (κ1) is 29.8. The smallest absolute Gasteiger partial charge is 0.0533 e. The molecular formula is C16H42. The van der Waals surface area contributed by atoms with Crippen molar-refractivity contribution < 1.29 is 0 Å². The van der Waals surface area contributed by atoms with Gasteiger partial charge in [-0.1, -0.05) is 108 Å². The molecule has 0 heterocycles. The molecule has 0 radical (unpaired) electrons. The first-order chi connectivity index (χ1) is 8.00. The molecule has 1 rings (SSSR count). The van der Waals surface area contributed by atoms with Gasteiger partial charge in [0.05, 0.1) is 0 Å². The van der Waals surface area contributed by atoms with Gasteiger partial charge >= 0.3 is 0 Å². The second-order valence-corrected chi connectivity index (χ2v) is 2.12. The average Bonchev–Trinajstić information content (AvgIpc) is 2.51. The molecule has 1 aliphatic rings. The van der Waals surface area contributed by atoms with E-state index in [0.717, 1.165) is 0 Å². The van der Waals surface area contributed by atoms with Gasteiger partial charge in [0.2, 0.25) is 0 Å². The molecule has 0 bridgehead atoms. The molecule has 0 N–H and O–H groups in total. The molecule has 0 amide bonds. The summed E-state index contributed by atoms with van der Waals surface area (Å²) in [7, 11) is 0. The molecule has 0 saturated heterocycles. The van der Waals surface area contributed by atoms with Gasteiger partial charge in [0, 0.05) is 0 Å². The Labute approximate surface area is 108 Å². The van der Waals surface area contributed by atoms with Gasteiger partial charge in [0.25, 0.3) is 0 Å². The summed E-state index contributed by atoms with van der Waals surface area (Å²) < 4.78 is 0. The van der Waals surface area contributed by atoms with Gasteiger partial charge in [0.15, 0.2) is 0 Å². The summed E-state index contributed by atoms with van der Waals surface area (Å²) >= 11 is 0. The molecule has 0 heteroatoms. The maximum absolute atomic E-state index is 2.00. The van der Waals surface area contributed by atoms with Crippen molar-refractivity contribution in [1.29, 1.82) is 0 Å². The van der Waals surface area contributed by atoms with E-state index in [9.17, 15) is 0 Å². The van der Waals surface area contributed by atoms with Crippen LogP contribution in [0.5, 0.6) is 0 Å². The van der Waals surface area contributed by atoms with Gasteiger partial charge in [0.1, 0.15) is 0 Å². The lowest BCUT2D eigenvalue weighted by Crippen LogP contribution is -1.85. The highest BCUT2D eigenvalue weighted by atomic mass is 14.0. The molecule has 0 aliphatic heterocycles. The van der Waals surface area contributed by atoms with Crippen molar-refractivity contribution in [2.75, 3.05) is 0 Å². The average molecular weight is 235 g/mol. The van der Waals surface area contributed by atoms with E-state index in [1.54, 1.807) is 0 Å². The Kier molecular flexibility index (Phi) is 152. The topological polar surface area (TPSA) is 0 Å².